The Bertz CT molecular complexity index is 557. The van der Waals surface area contributed by atoms with Gasteiger partial charge in [0.15, 0.2) is 0 Å². The van der Waals surface area contributed by atoms with Gasteiger partial charge in [-0.1, -0.05) is 12.1 Å². The van der Waals surface area contributed by atoms with Crippen LogP contribution >= 0.6 is 0 Å². The topological polar surface area (TPSA) is 66.8 Å². The van der Waals surface area contributed by atoms with Crippen LogP contribution < -0.4 is 0 Å². The number of hydrogen-bond acceptors (Lipinski definition) is 3. The molecule has 124 valence electrons. The molecule has 1 aliphatic heterocycles. The van der Waals surface area contributed by atoms with Crippen molar-refractivity contribution >= 4 is 11.9 Å². The number of rotatable bonds is 6. The highest BCUT2D eigenvalue weighted by molar-refractivity contribution is 5.87. The van der Waals surface area contributed by atoms with E-state index in [0.29, 0.717) is 12.5 Å². The van der Waals surface area contributed by atoms with Crippen LogP contribution in [0, 0.1) is 5.92 Å². The van der Waals surface area contributed by atoms with Gasteiger partial charge >= 0.3 is 5.97 Å². The maximum Gasteiger partial charge on any atom is 0.335 e. The molecule has 0 radical (unpaired) electrons. The average Bonchev–Trinajstić information content (AvgIpc) is 3.38. The molecule has 1 heterocycles. The molecule has 1 aromatic rings. The zero-order valence-corrected chi connectivity index (χ0v) is 13.2. The van der Waals surface area contributed by atoms with Crippen LogP contribution in [0.2, 0.25) is 0 Å². The van der Waals surface area contributed by atoms with Gasteiger partial charge in [0.1, 0.15) is 0 Å². The molecule has 1 N–H and O–H groups in total. The first kappa shape index (κ1) is 16.0. The van der Waals surface area contributed by atoms with Gasteiger partial charge in [-0.25, -0.2) is 4.79 Å². The number of hydrogen-bond donors (Lipinski definition) is 1. The molecule has 0 atom stereocenters. The zero-order valence-electron chi connectivity index (χ0n) is 13.2. The largest absolute Gasteiger partial charge is 0.478 e. The lowest BCUT2D eigenvalue weighted by atomic mass is 10.0. The second-order valence-corrected chi connectivity index (χ2v) is 6.54. The molecule has 1 amide bonds. The third-order valence-electron chi connectivity index (χ3n) is 4.62. The fourth-order valence-corrected chi connectivity index (χ4v) is 2.88. The molecule has 0 unspecified atom stereocenters. The third kappa shape index (κ3) is 4.55. The van der Waals surface area contributed by atoms with Crippen LogP contribution in [0.25, 0.3) is 0 Å². The van der Waals surface area contributed by atoms with E-state index in [-0.39, 0.29) is 11.5 Å². The number of nitrogens with zero attached hydrogens (tertiary/aromatic N) is 1. The van der Waals surface area contributed by atoms with E-state index >= 15 is 0 Å². The van der Waals surface area contributed by atoms with Gasteiger partial charge in [0.2, 0.25) is 5.91 Å². The minimum absolute atomic E-state index is 0.105. The van der Waals surface area contributed by atoms with Crippen molar-refractivity contribution in [2.24, 2.45) is 5.92 Å². The summed E-state index contributed by atoms with van der Waals surface area (Å²) in [6.07, 6.45) is 5.06. The van der Waals surface area contributed by atoms with E-state index in [0.717, 1.165) is 44.0 Å². The molecule has 2 fully saturated rings. The summed E-state index contributed by atoms with van der Waals surface area (Å²) in [6.45, 7) is 2.39. The predicted octanol–water partition coefficient (Wildman–Crippen LogP) is 2.34. The minimum atomic E-state index is -0.948. The zero-order chi connectivity index (χ0) is 16.2. The van der Waals surface area contributed by atoms with Crippen molar-refractivity contribution < 1.29 is 19.4 Å². The van der Waals surface area contributed by atoms with Gasteiger partial charge in [0.25, 0.3) is 0 Å². The number of piperidine rings is 1. The highest BCUT2D eigenvalue weighted by Crippen LogP contribution is 2.30. The molecular formula is C18H23NO4. The number of amides is 1. The van der Waals surface area contributed by atoms with Gasteiger partial charge in [0, 0.05) is 19.7 Å². The molecule has 1 saturated heterocycles. The van der Waals surface area contributed by atoms with Crippen LogP contribution in [-0.4, -0.2) is 47.7 Å². The summed E-state index contributed by atoms with van der Waals surface area (Å²) < 4.78 is 5.90. The second-order valence-electron chi connectivity index (χ2n) is 6.54. The normalized spacial score (nSPS) is 18.9. The van der Waals surface area contributed by atoms with Crippen molar-refractivity contribution in [1.82, 2.24) is 4.90 Å². The van der Waals surface area contributed by atoms with Gasteiger partial charge in [-0.05, 0) is 49.3 Å². The van der Waals surface area contributed by atoms with Gasteiger partial charge in [-0.3, -0.25) is 4.79 Å². The number of carboxylic acids is 1. The fraction of sp³-hybridized carbons (Fsp3) is 0.556. The Balaban J connectivity index is 1.44. The molecule has 0 bridgehead atoms. The van der Waals surface area contributed by atoms with Crippen LogP contribution in [0.3, 0.4) is 0 Å². The Kier molecular flexibility index (Phi) is 4.96. The monoisotopic (exact) mass is 317 g/mol. The van der Waals surface area contributed by atoms with E-state index in [4.69, 9.17) is 9.84 Å². The van der Waals surface area contributed by atoms with E-state index in [2.05, 4.69) is 0 Å². The molecule has 5 heteroatoms. The highest BCUT2D eigenvalue weighted by Gasteiger charge is 2.26. The van der Waals surface area contributed by atoms with E-state index in [1.54, 1.807) is 24.3 Å². The lowest BCUT2D eigenvalue weighted by Gasteiger charge is -2.32. The van der Waals surface area contributed by atoms with Crippen LogP contribution in [0.15, 0.2) is 24.3 Å². The highest BCUT2D eigenvalue weighted by atomic mass is 16.5. The molecule has 1 aromatic carbocycles. The molecule has 23 heavy (non-hydrogen) atoms. The number of carbonyl (C=O) groups excluding carboxylic acids is 1. The first-order chi connectivity index (χ1) is 11.1. The maximum atomic E-state index is 12.3. The molecule has 5 nitrogen and oxygen atoms in total. The average molecular weight is 317 g/mol. The fourth-order valence-electron chi connectivity index (χ4n) is 2.88. The lowest BCUT2D eigenvalue weighted by molar-refractivity contribution is -0.133. The summed E-state index contributed by atoms with van der Waals surface area (Å²) in [5.74, 6) is -0.0618. The Labute approximate surface area is 136 Å². The third-order valence-corrected chi connectivity index (χ3v) is 4.62. The number of ether oxygens (including phenoxy) is 1. The summed E-state index contributed by atoms with van der Waals surface area (Å²) in [6, 6.07) is 6.52. The van der Waals surface area contributed by atoms with Crippen molar-refractivity contribution in [3.8, 4) is 0 Å². The minimum Gasteiger partial charge on any atom is -0.478 e. The molecule has 1 aliphatic carbocycles. The van der Waals surface area contributed by atoms with E-state index in [1.165, 1.54) is 12.8 Å². The Morgan fingerprint density at radius 3 is 2.30 bits per heavy atom. The van der Waals surface area contributed by atoms with Gasteiger partial charge in [-0.15, -0.1) is 0 Å². The summed E-state index contributed by atoms with van der Waals surface area (Å²) in [4.78, 5) is 25.1. The first-order valence-electron chi connectivity index (χ1n) is 8.33. The predicted molar refractivity (Wildman–Crippen MR) is 85.4 cm³/mol. The number of carbonyl (C=O) groups is 2. The van der Waals surface area contributed by atoms with E-state index in [1.807, 2.05) is 4.90 Å². The number of carboxylic acid groups (broad SMARTS) is 1. The smallest absolute Gasteiger partial charge is 0.335 e. The molecule has 1 saturated carbocycles. The molecular weight excluding hydrogens is 294 g/mol. The van der Waals surface area contributed by atoms with Crippen molar-refractivity contribution in [2.45, 2.75) is 38.2 Å². The second kappa shape index (κ2) is 7.13. The molecule has 0 spiro atoms. The van der Waals surface area contributed by atoms with Crippen molar-refractivity contribution in [1.29, 1.82) is 0 Å². The number of aromatic carboxylic acids is 1. The van der Waals surface area contributed by atoms with Crippen LogP contribution in [0.1, 0.15) is 41.6 Å². The van der Waals surface area contributed by atoms with Crippen molar-refractivity contribution in [3.05, 3.63) is 35.4 Å². The van der Waals surface area contributed by atoms with Crippen LogP contribution in [-0.2, 0) is 16.0 Å². The van der Waals surface area contributed by atoms with Gasteiger partial charge in [-0.2, -0.15) is 0 Å². The first-order valence-corrected chi connectivity index (χ1v) is 8.33. The van der Waals surface area contributed by atoms with E-state index < -0.39 is 5.97 Å². The standard InChI is InChI=1S/C18H23NO4/c20-17(11-13-3-5-15(6-4-13)18(21)22)19-9-7-16(8-10-19)23-12-14-1-2-14/h3-6,14,16H,1-2,7-12H2,(H,21,22). The molecule has 3 rings (SSSR count). The maximum absolute atomic E-state index is 12.3. The van der Waals surface area contributed by atoms with Crippen molar-refractivity contribution in [2.75, 3.05) is 19.7 Å². The van der Waals surface area contributed by atoms with E-state index in [9.17, 15) is 9.59 Å². The quantitative estimate of drug-likeness (QED) is 0.874. The summed E-state index contributed by atoms with van der Waals surface area (Å²) >= 11 is 0. The summed E-state index contributed by atoms with van der Waals surface area (Å²) in [5.41, 5.74) is 1.10. The summed E-state index contributed by atoms with van der Waals surface area (Å²) in [7, 11) is 0. The van der Waals surface area contributed by atoms with Crippen LogP contribution in [0.4, 0.5) is 0 Å². The number of benzene rings is 1. The summed E-state index contributed by atoms with van der Waals surface area (Å²) in [5, 5.41) is 8.88. The van der Waals surface area contributed by atoms with Crippen molar-refractivity contribution in [3.63, 3.8) is 0 Å². The van der Waals surface area contributed by atoms with Gasteiger partial charge < -0.3 is 14.7 Å². The molecule has 0 aromatic heterocycles. The van der Waals surface area contributed by atoms with Crippen LogP contribution in [0.5, 0.6) is 0 Å². The van der Waals surface area contributed by atoms with Gasteiger partial charge in [0.05, 0.1) is 18.1 Å². The molecule has 2 aliphatic rings. The lowest BCUT2D eigenvalue weighted by Crippen LogP contribution is -2.41. The Morgan fingerprint density at radius 1 is 1.09 bits per heavy atom. The number of likely N-dealkylation sites (tertiary alicyclic amines) is 1. The Morgan fingerprint density at radius 2 is 1.74 bits per heavy atom. The SMILES string of the molecule is O=C(O)c1ccc(CC(=O)N2CCC(OCC3CC3)CC2)cc1. The Hall–Kier alpha value is -1.88.